The van der Waals surface area contributed by atoms with Crippen LogP contribution in [0.25, 0.3) is 0 Å². The maximum Gasteiger partial charge on any atom is 0.262 e. The Kier molecular flexibility index (Phi) is 2.42. The van der Waals surface area contributed by atoms with Crippen LogP contribution < -0.4 is 4.74 Å². The van der Waals surface area contributed by atoms with Gasteiger partial charge in [0.1, 0.15) is 15.4 Å². The fourth-order valence-electron chi connectivity index (χ4n) is 0.854. The molecule has 0 aromatic heterocycles. The predicted octanol–water partition coefficient (Wildman–Crippen LogP) is 0.552. The van der Waals surface area contributed by atoms with Crippen LogP contribution in [0.1, 0.15) is 0 Å². The Labute approximate surface area is 72.6 Å². The van der Waals surface area contributed by atoms with Crippen molar-refractivity contribution < 1.29 is 13.2 Å². The van der Waals surface area contributed by atoms with E-state index in [1.807, 2.05) is 0 Å². The average Bonchev–Trinajstić information content (AvgIpc) is 2.03. The number of benzene rings is 1. The summed E-state index contributed by atoms with van der Waals surface area (Å²) < 4.78 is 26.6. The van der Waals surface area contributed by atoms with Crippen LogP contribution in [0, 0.1) is 0 Å². The number of hydrogen-bond donors (Lipinski definition) is 0. The molecule has 0 unspecified atom stereocenters. The van der Waals surface area contributed by atoms with Crippen LogP contribution >= 0.6 is 0 Å². The summed E-state index contributed by atoms with van der Waals surface area (Å²) >= 11 is 0. The summed E-state index contributed by atoms with van der Waals surface area (Å²) in [6.07, 6.45) is 0. The fraction of sp³-hybridized carbons (Fsp3) is 0.143. The van der Waals surface area contributed by atoms with E-state index in [-0.39, 0.29) is 10.6 Å². The molecule has 0 amide bonds. The van der Waals surface area contributed by atoms with Gasteiger partial charge in [-0.1, -0.05) is 12.1 Å². The molecule has 1 aromatic rings. The lowest BCUT2D eigenvalue weighted by Gasteiger charge is -2.05. The van der Waals surface area contributed by atoms with Gasteiger partial charge in [0, 0.05) is 0 Å². The highest BCUT2D eigenvalue weighted by Gasteiger charge is 2.11. The summed E-state index contributed by atoms with van der Waals surface area (Å²) in [5.74, 6) is 0.264. The molecule has 1 aromatic carbocycles. The van der Waals surface area contributed by atoms with Gasteiger partial charge < -0.3 is 4.74 Å². The minimum Gasteiger partial charge on any atom is -0.495 e. The zero-order valence-corrected chi connectivity index (χ0v) is 7.34. The number of ether oxygens (including phenoxy) is 1. The van der Waals surface area contributed by atoms with E-state index in [1.54, 1.807) is 18.2 Å². The zero-order chi connectivity index (χ0) is 9.19. The first-order chi connectivity index (χ1) is 5.55. The Balaban J connectivity index is 3.33. The average molecular weight is 182 g/mol. The lowest BCUT2D eigenvalue weighted by atomic mass is 10.3. The van der Waals surface area contributed by atoms with Crippen LogP contribution in [-0.4, -0.2) is 22.7 Å². The van der Waals surface area contributed by atoms with Gasteiger partial charge in [0.25, 0.3) is 7.12 Å². The summed E-state index contributed by atoms with van der Waals surface area (Å²) in [5, 5.41) is 0. The van der Waals surface area contributed by atoms with Crippen molar-refractivity contribution in [2.24, 2.45) is 0 Å². The molecule has 0 aliphatic carbocycles. The van der Waals surface area contributed by atoms with E-state index < -0.39 is 9.69 Å². The van der Waals surface area contributed by atoms with E-state index >= 15 is 0 Å². The van der Waals surface area contributed by atoms with Gasteiger partial charge in [-0.2, -0.15) is 0 Å². The first-order valence-electron chi connectivity index (χ1n) is 3.21. The molecule has 0 aliphatic heterocycles. The van der Waals surface area contributed by atoms with E-state index in [1.165, 1.54) is 13.2 Å². The third-order valence-electron chi connectivity index (χ3n) is 1.38. The molecule has 0 fully saturated rings. The van der Waals surface area contributed by atoms with Crippen LogP contribution in [0.4, 0.5) is 0 Å². The van der Waals surface area contributed by atoms with Crippen molar-refractivity contribution in [3.05, 3.63) is 24.3 Å². The summed E-state index contributed by atoms with van der Waals surface area (Å²) in [6, 6.07) is 6.20. The second-order valence-electron chi connectivity index (χ2n) is 2.20. The molecule has 0 N–H and O–H groups in total. The second-order valence-corrected chi connectivity index (χ2v) is 3.73. The Hall–Kier alpha value is -0.965. The Bertz CT molecular complexity index is 372. The highest BCUT2D eigenvalue weighted by molar-refractivity contribution is 8.12. The summed E-state index contributed by atoms with van der Waals surface area (Å²) in [4.78, 5) is 0.00694. The van der Waals surface area contributed by atoms with Gasteiger partial charge in [0.05, 0.1) is 12.0 Å². The number of para-hydroxylation sites is 1. The molecule has 62 valence electrons. The van der Waals surface area contributed by atoms with Gasteiger partial charge in [-0.3, -0.25) is 0 Å². The molecule has 2 radical (unpaired) electrons. The van der Waals surface area contributed by atoms with Crippen LogP contribution in [0.3, 0.4) is 0 Å². The molecule has 3 nitrogen and oxygen atoms in total. The van der Waals surface area contributed by atoms with Crippen LogP contribution in [-0.2, 0) is 9.69 Å². The molecule has 0 aliphatic rings. The number of hydrogen-bond acceptors (Lipinski definition) is 3. The normalized spacial score (nSPS) is 11.1. The monoisotopic (exact) mass is 182 g/mol. The maximum absolute atomic E-state index is 10.9. The lowest BCUT2D eigenvalue weighted by molar-refractivity contribution is 0.403. The standard InChI is InChI=1S/C7H7BO3S/c1-11-6-4-2-3-5-7(6)12(8,9)10/h2-5H,1H3. The number of rotatable bonds is 2. The van der Waals surface area contributed by atoms with Gasteiger partial charge >= 0.3 is 0 Å². The topological polar surface area (TPSA) is 43.4 Å². The minimum atomic E-state index is -3.67. The van der Waals surface area contributed by atoms with Gasteiger partial charge in [-0.05, 0) is 12.1 Å². The third-order valence-corrected chi connectivity index (χ3v) is 2.33. The van der Waals surface area contributed by atoms with Gasteiger partial charge in [-0.25, -0.2) is 8.42 Å². The van der Waals surface area contributed by atoms with Crippen molar-refractivity contribution in [3.8, 4) is 5.75 Å². The van der Waals surface area contributed by atoms with Crippen molar-refractivity contribution in [1.29, 1.82) is 0 Å². The van der Waals surface area contributed by atoms with Crippen molar-refractivity contribution in [1.82, 2.24) is 0 Å². The zero-order valence-electron chi connectivity index (χ0n) is 6.52. The fourth-order valence-corrected chi connectivity index (χ4v) is 1.55. The minimum absolute atomic E-state index is 0.00694. The first-order valence-corrected chi connectivity index (χ1v) is 4.76. The Morgan fingerprint density at radius 3 is 2.33 bits per heavy atom. The van der Waals surface area contributed by atoms with Crippen molar-refractivity contribution in [3.63, 3.8) is 0 Å². The molecule has 0 atom stereocenters. The summed E-state index contributed by atoms with van der Waals surface area (Å²) in [7, 11) is 2.65. The third kappa shape index (κ3) is 1.79. The molecule has 0 saturated heterocycles. The Morgan fingerprint density at radius 1 is 1.33 bits per heavy atom. The predicted molar refractivity (Wildman–Crippen MR) is 45.9 cm³/mol. The Morgan fingerprint density at radius 2 is 1.92 bits per heavy atom. The highest BCUT2D eigenvalue weighted by atomic mass is 32.2. The van der Waals surface area contributed by atoms with Crippen LogP contribution in [0.2, 0.25) is 0 Å². The summed E-state index contributed by atoms with van der Waals surface area (Å²) in [6.45, 7) is 0. The van der Waals surface area contributed by atoms with Crippen molar-refractivity contribution >= 4 is 16.8 Å². The largest absolute Gasteiger partial charge is 0.495 e. The summed E-state index contributed by atoms with van der Waals surface area (Å²) in [5.41, 5.74) is 0. The van der Waals surface area contributed by atoms with E-state index in [0.717, 1.165) is 0 Å². The van der Waals surface area contributed by atoms with Gasteiger partial charge in [-0.15, -0.1) is 0 Å². The molecule has 12 heavy (non-hydrogen) atoms. The van der Waals surface area contributed by atoms with Gasteiger partial charge in [0.2, 0.25) is 0 Å². The van der Waals surface area contributed by atoms with E-state index in [0.29, 0.717) is 0 Å². The smallest absolute Gasteiger partial charge is 0.262 e. The van der Waals surface area contributed by atoms with Crippen LogP contribution in [0.5, 0.6) is 5.75 Å². The first kappa shape index (κ1) is 9.13. The molecular weight excluding hydrogens is 175 g/mol. The molecule has 0 heterocycles. The molecule has 0 bridgehead atoms. The lowest BCUT2D eigenvalue weighted by Crippen LogP contribution is -2.01. The molecular formula is C7H7BO3S. The molecule has 5 heteroatoms. The van der Waals surface area contributed by atoms with Crippen LogP contribution in [0.15, 0.2) is 29.2 Å². The van der Waals surface area contributed by atoms with Crippen molar-refractivity contribution in [2.75, 3.05) is 7.11 Å². The molecule has 1 rings (SSSR count). The van der Waals surface area contributed by atoms with E-state index in [4.69, 9.17) is 11.9 Å². The van der Waals surface area contributed by atoms with E-state index in [9.17, 15) is 8.42 Å². The van der Waals surface area contributed by atoms with Crippen molar-refractivity contribution in [2.45, 2.75) is 4.90 Å². The number of methoxy groups -OCH3 is 1. The second kappa shape index (κ2) is 3.19. The molecule has 0 spiro atoms. The SMILES string of the molecule is [B]S(=O)(=O)c1ccccc1OC. The van der Waals surface area contributed by atoms with Gasteiger partial charge in [0.15, 0.2) is 0 Å². The maximum atomic E-state index is 10.9. The highest BCUT2D eigenvalue weighted by Crippen LogP contribution is 2.21. The van der Waals surface area contributed by atoms with E-state index in [2.05, 4.69) is 0 Å². The molecule has 0 saturated carbocycles. The quantitative estimate of drug-likeness (QED) is 0.627.